The van der Waals surface area contributed by atoms with E-state index in [2.05, 4.69) is 36.2 Å². The van der Waals surface area contributed by atoms with Crippen LogP contribution in [0, 0.1) is 17.8 Å². The zero-order chi connectivity index (χ0) is 17.4. The molecule has 2 aromatic rings. The number of nitrogens with zero attached hydrogens (tertiary/aromatic N) is 2. The molecule has 2 N–H and O–H groups in total. The van der Waals surface area contributed by atoms with Gasteiger partial charge in [0.05, 0.1) is 23.7 Å². The number of hydrogen-bond donors (Lipinski definition) is 2. The van der Waals surface area contributed by atoms with Gasteiger partial charge in [0.2, 0.25) is 5.91 Å². The van der Waals surface area contributed by atoms with Gasteiger partial charge in [0, 0.05) is 22.3 Å². The van der Waals surface area contributed by atoms with Crippen molar-refractivity contribution in [3.8, 4) is 0 Å². The van der Waals surface area contributed by atoms with Crippen LogP contribution in [-0.4, -0.2) is 20.7 Å². The molecule has 1 atom stereocenters. The van der Waals surface area contributed by atoms with E-state index in [1.165, 1.54) is 11.3 Å². The quantitative estimate of drug-likeness (QED) is 0.823. The van der Waals surface area contributed by atoms with Crippen molar-refractivity contribution in [1.82, 2.24) is 20.1 Å². The lowest BCUT2D eigenvalue weighted by Crippen LogP contribution is -2.28. The standard InChI is InChI=1S/C16H24N4OS2/c1-9(12-8-20(16(4,5)6)19-10(12)2)17-14(21)7-13-11(3)18-15(22)23-13/h8-9H,7H2,1-6H3,(H,17,21)(H,18,22). The van der Waals surface area contributed by atoms with Crippen LogP contribution in [0.1, 0.15) is 55.6 Å². The van der Waals surface area contributed by atoms with Crippen LogP contribution >= 0.6 is 23.6 Å². The summed E-state index contributed by atoms with van der Waals surface area (Å²) in [4.78, 5) is 16.3. The van der Waals surface area contributed by atoms with Gasteiger partial charge in [-0.2, -0.15) is 5.10 Å². The van der Waals surface area contributed by atoms with Crippen LogP contribution in [0.4, 0.5) is 0 Å². The molecule has 0 fully saturated rings. The zero-order valence-corrected chi connectivity index (χ0v) is 16.1. The first-order chi connectivity index (χ1) is 10.6. The Kier molecular flexibility index (Phi) is 5.10. The second-order valence-corrected chi connectivity index (χ2v) is 8.59. The van der Waals surface area contributed by atoms with Crippen molar-refractivity contribution < 1.29 is 4.79 Å². The number of thiazole rings is 1. The molecule has 0 aliphatic heterocycles. The van der Waals surface area contributed by atoms with Gasteiger partial charge in [-0.05, 0) is 53.8 Å². The van der Waals surface area contributed by atoms with Crippen LogP contribution in [0.2, 0.25) is 0 Å². The number of carbonyl (C=O) groups excluding carboxylic acids is 1. The van der Waals surface area contributed by atoms with E-state index in [-0.39, 0.29) is 17.5 Å². The number of carbonyl (C=O) groups is 1. The Morgan fingerprint density at radius 2 is 2.13 bits per heavy atom. The first-order valence-corrected chi connectivity index (χ1v) is 8.85. The summed E-state index contributed by atoms with van der Waals surface area (Å²) in [5.41, 5.74) is 2.89. The normalized spacial score (nSPS) is 13.1. The SMILES string of the molecule is Cc1nn(C(C)(C)C)cc1C(C)NC(=O)Cc1sc(=S)[nH]c1C. The Labute approximate surface area is 146 Å². The van der Waals surface area contributed by atoms with E-state index in [0.717, 1.165) is 21.8 Å². The van der Waals surface area contributed by atoms with Crippen molar-refractivity contribution in [3.63, 3.8) is 0 Å². The molecule has 0 radical (unpaired) electrons. The molecular weight excluding hydrogens is 328 g/mol. The Bertz CT molecular complexity index is 764. The lowest BCUT2D eigenvalue weighted by Gasteiger charge is -2.19. The van der Waals surface area contributed by atoms with E-state index in [9.17, 15) is 4.79 Å². The van der Waals surface area contributed by atoms with Crippen LogP contribution in [0.3, 0.4) is 0 Å². The molecule has 2 aromatic heterocycles. The molecule has 1 unspecified atom stereocenters. The fraction of sp³-hybridized carbons (Fsp3) is 0.562. The van der Waals surface area contributed by atoms with Crippen molar-refractivity contribution in [2.45, 2.75) is 59.5 Å². The van der Waals surface area contributed by atoms with Crippen molar-refractivity contribution in [2.75, 3.05) is 0 Å². The van der Waals surface area contributed by atoms with Gasteiger partial charge in [0.25, 0.3) is 0 Å². The third-order valence-electron chi connectivity index (χ3n) is 3.71. The highest BCUT2D eigenvalue weighted by Crippen LogP contribution is 2.21. The minimum atomic E-state index is -0.0779. The van der Waals surface area contributed by atoms with E-state index in [0.29, 0.717) is 10.4 Å². The Hall–Kier alpha value is -1.47. The van der Waals surface area contributed by atoms with Gasteiger partial charge >= 0.3 is 0 Å². The van der Waals surface area contributed by atoms with Gasteiger partial charge in [-0.3, -0.25) is 9.48 Å². The highest BCUT2D eigenvalue weighted by Gasteiger charge is 2.20. The summed E-state index contributed by atoms with van der Waals surface area (Å²) >= 11 is 6.57. The Morgan fingerprint density at radius 1 is 1.48 bits per heavy atom. The highest BCUT2D eigenvalue weighted by atomic mass is 32.1. The average molecular weight is 353 g/mol. The number of aromatic nitrogens is 3. The van der Waals surface area contributed by atoms with E-state index in [4.69, 9.17) is 12.2 Å². The maximum atomic E-state index is 12.3. The van der Waals surface area contributed by atoms with Crippen LogP contribution in [0.25, 0.3) is 0 Å². The third-order valence-corrected chi connectivity index (χ3v) is 5.05. The number of aryl methyl sites for hydroxylation is 2. The van der Waals surface area contributed by atoms with Gasteiger partial charge in [-0.25, -0.2) is 0 Å². The van der Waals surface area contributed by atoms with E-state index in [1.807, 2.05) is 31.6 Å². The summed E-state index contributed by atoms with van der Waals surface area (Å²) in [7, 11) is 0. The summed E-state index contributed by atoms with van der Waals surface area (Å²) in [5, 5.41) is 7.61. The van der Waals surface area contributed by atoms with Crippen LogP contribution in [0.5, 0.6) is 0 Å². The molecule has 1 amide bonds. The van der Waals surface area contributed by atoms with Gasteiger partial charge in [-0.15, -0.1) is 11.3 Å². The topological polar surface area (TPSA) is 62.7 Å². The highest BCUT2D eigenvalue weighted by molar-refractivity contribution is 7.73. The van der Waals surface area contributed by atoms with Crippen molar-refractivity contribution in [3.05, 3.63) is 32.0 Å². The predicted molar refractivity (Wildman–Crippen MR) is 96.5 cm³/mol. The minimum Gasteiger partial charge on any atom is -0.349 e. The summed E-state index contributed by atoms with van der Waals surface area (Å²) in [6.45, 7) is 12.2. The molecule has 0 bridgehead atoms. The minimum absolute atomic E-state index is 0.00578. The lowest BCUT2D eigenvalue weighted by atomic mass is 10.1. The van der Waals surface area contributed by atoms with Crippen molar-refractivity contribution in [1.29, 1.82) is 0 Å². The van der Waals surface area contributed by atoms with Gasteiger partial charge in [-0.1, -0.05) is 0 Å². The number of amides is 1. The second kappa shape index (κ2) is 6.57. The Balaban J connectivity index is 2.08. The molecule has 0 spiro atoms. The van der Waals surface area contributed by atoms with E-state index < -0.39 is 0 Å². The molecule has 0 aromatic carbocycles. The maximum Gasteiger partial charge on any atom is 0.225 e. The number of hydrogen-bond acceptors (Lipinski definition) is 4. The van der Waals surface area contributed by atoms with Crippen LogP contribution in [-0.2, 0) is 16.8 Å². The number of H-pyrrole nitrogens is 1. The predicted octanol–water partition coefficient (Wildman–Crippen LogP) is 3.79. The van der Waals surface area contributed by atoms with Gasteiger partial charge in [0.15, 0.2) is 3.95 Å². The molecule has 0 saturated heterocycles. The molecular formula is C16H24N4OS2. The third kappa shape index (κ3) is 4.29. The molecule has 23 heavy (non-hydrogen) atoms. The molecule has 126 valence electrons. The molecule has 0 aliphatic carbocycles. The molecule has 0 aliphatic rings. The summed E-state index contributed by atoms with van der Waals surface area (Å²) in [6.07, 6.45) is 2.37. The van der Waals surface area contributed by atoms with E-state index >= 15 is 0 Å². The first-order valence-electron chi connectivity index (χ1n) is 7.62. The Morgan fingerprint density at radius 3 is 2.61 bits per heavy atom. The molecule has 7 heteroatoms. The monoisotopic (exact) mass is 352 g/mol. The first kappa shape index (κ1) is 17.9. The van der Waals surface area contributed by atoms with Gasteiger partial charge in [0.1, 0.15) is 0 Å². The molecule has 0 saturated carbocycles. The number of nitrogens with one attached hydrogen (secondary N) is 2. The maximum absolute atomic E-state index is 12.3. The number of aromatic amines is 1. The summed E-state index contributed by atoms with van der Waals surface area (Å²) < 4.78 is 2.66. The number of rotatable bonds is 4. The molecule has 2 heterocycles. The van der Waals surface area contributed by atoms with Crippen LogP contribution in [0.15, 0.2) is 6.20 Å². The second-order valence-electron chi connectivity index (χ2n) is 6.81. The summed E-state index contributed by atoms with van der Waals surface area (Å²) in [5.74, 6) is -0.00578. The molecule has 5 nitrogen and oxygen atoms in total. The molecule has 2 rings (SSSR count). The smallest absolute Gasteiger partial charge is 0.225 e. The van der Waals surface area contributed by atoms with Gasteiger partial charge < -0.3 is 10.3 Å². The fourth-order valence-electron chi connectivity index (χ4n) is 2.36. The fourth-order valence-corrected chi connectivity index (χ4v) is 3.65. The summed E-state index contributed by atoms with van der Waals surface area (Å²) in [6, 6.07) is -0.0779. The van der Waals surface area contributed by atoms with E-state index in [1.54, 1.807) is 0 Å². The zero-order valence-electron chi connectivity index (χ0n) is 14.5. The van der Waals surface area contributed by atoms with Crippen molar-refractivity contribution >= 4 is 29.5 Å². The lowest BCUT2D eigenvalue weighted by molar-refractivity contribution is -0.121. The van der Waals surface area contributed by atoms with Crippen molar-refractivity contribution in [2.24, 2.45) is 0 Å². The van der Waals surface area contributed by atoms with Crippen LogP contribution < -0.4 is 5.32 Å². The average Bonchev–Trinajstić information content (AvgIpc) is 2.92. The largest absolute Gasteiger partial charge is 0.349 e.